The van der Waals surface area contributed by atoms with Crippen LogP contribution in [0.25, 0.3) is 11.4 Å². The molecule has 6 nitrogen and oxygen atoms in total. The number of anilines is 1. The molecule has 0 saturated heterocycles. The van der Waals surface area contributed by atoms with Gasteiger partial charge in [0.2, 0.25) is 5.91 Å². The number of thioether (sulfide) groups is 1. The zero-order valence-corrected chi connectivity index (χ0v) is 17.4. The van der Waals surface area contributed by atoms with Gasteiger partial charge in [-0.05, 0) is 49.6 Å². The zero-order chi connectivity index (χ0) is 20.1. The highest BCUT2D eigenvalue weighted by Gasteiger charge is 2.21. The van der Waals surface area contributed by atoms with Crippen molar-refractivity contribution in [1.82, 2.24) is 19.7 Å². The fourth-order valence-corrected chi connectivity index (χ4v) is 3.65. The van der Waals surface area contributed by atoms with Gasteiger partial charge in [-0.2, -0.15) is 0 Å². The normalized spacial score (nSPS) is 12.2. The number of aromatic nitrogens is 4. The second-order valence-electron chi connectivity index (χ2n) is 7.17. The molecule has 2 heterocycles. The van der Waals surface area contributed by atoms with Gasteiger partial charge in [0.05, 0.1) is 5.25 Å². The topological polar surface area (TPSA) is 72.7 Å². The highest BCUT2D eigenvalue weighted by atomic mass is 32.2. The van der Waals surface area contributed by atoms with Crippen LogP contribution in [-0.2, 0) is 11.3 Å². The fourth-order valence-electron chi connectivity index (χ4n) is 2.79. The van der Waals surface area contributed by atoms with E-state index in [4.69, 9.17) is 0 Å². The van der Waals surface area contributed by atoms with E-state index in [1.807, 2.05) is 50.2 Å². The summed E-state index contributed by atoms with van der Waals surface area (Å²) in [7, 11) is 0. The second kappa shape index (κ2) is 9.01. The van der Waals surface area contributed by atoms with Crippen LogP contribution in [0.4, 0.5) is 5.69 Å². The number of nitrogens with zero attached hydrogens (tertiary/aromatic N) is 4. The first-order chi connectivity index (χ1) is 13.4. The number of carbonyl (C=O) groups is 1. The van der Waals surface area contributed by atoms with Crippen molar-refractivity contribution in [1.29, 1.82) is 0 Å². The van der Waals surface area contributed by atoms with Gasteiger partial charge in [0.1, 0.15) is 0 Å². The molecule has 0 aliphatic heterocycles. The van der Waals surface area contributed by atoms with Crippen LogP contribution in [0.3, 0.4) is 0 Å². The van der Waals surface area contributed by atoms with Crippen LogP contribution >= 0.6 is 11.8 Å². The maximum atomic E-state index is 12.6. The van der Waals surface area contributed by atoms with E-state index in [0.29, 0.717) is 5.92 Å². The molecule has 3 rings (SSSR count). The zero-order valence-electron chi connectivity index (χ0n) is 16.6. The third kappa shape index (κ3) is 4.98. The smallest absolute Gasteiger partial charge is 0.237 e. The van der Waals surface area contributed by atoms with E-state index in [1.54, 1.807) is 12.4 Å². The average Bonchev–Trinajstić information content (AvgIpc) is 3.04. The molecule has 0 unspecified atom stereocenters. The van der Waals surface area contributed by atoms with Crippen LogP contribution in [-0.4, -0.2) is 30.9 Å². The van der Waals surface area contributed by atoms with Crippen LogP contribution in [0.2, 0.25) is 0 Å². The number of hydrogen-bond donors (Lipinski definition) is 1. The molecule has 7 heteroatoms. The highest BCUT2D eigenvalue weighted by Crippen LogP contribution is 2.28. The molecule has 0 aliphatic rings. The Bertz CT molecular complexity index is 939. The van der Waals surface area contributed by atoms with Crippen LogP contribution in [0.5, 0.6) is 0 Å². The summed E-state index contributed by atoms with van der Waals surface area (Å²) in [5.41, 5.74) is 2.83. The lowest BCUT2D eigenvalue weighted by molar-refractivity contribution is -0.115. The lowest BCUT2D eigenvalue weighted by Gasteiger charge is -2.15. The van der Waals surface area contributed by atoms with Gasteiger partial charge in [0.25, 0.3) is 0 Å². The Morgan fingerprint density at radius 2 is 2.00 bits per heavy atom. The Kier molecular flexibility index (Phi) is 6.46. The summed E-state index contributed by atoms with van der Waals surface area (Å²) in [5.74, 6) is 1.13. The molecular weight excluding hydrogens is 370 g/mol. The highest BCUT2D eigenvalue weighted by molar-refractivity contribution is 8.00. The first kappa shape index (κ1) is 20.1. The van der Waals surface area contributed by atoms with Gasteiger partial charge in [-0.1, -0.05) is 37.7 Å². The largest absolute Gasteiger partial charge is 0.325 e. The minimum absolute atomic E-state index is 0.0578. The third-order valence-electron chi connectivity index (χ3n) is 4.12. The maximum Gasteiger partial charge on any atom is 0.237 e. The minimum atomic E-state index is -0.308. The van der Waals surface area contributed by atoms with Gasteiger partial charge in [-0.3, -0.25) is 9.78 Å². The van der Waals surface area contributed by atoms with E-state index < -0.39 is 0 Å². The van der Waals surface area contributed by atoms with Gasteiger partial charge >= 0.3 is 0 Å². The third-order valence-corrected chi connectivity index (χ3v) is 5.20. The van der Waals surface area contributed by atoms with Crippen molar-refractivity contribution in [2.75, 3.05) is 5.32 Å². The van der Waals surface area contributed by atoms with Gasteiger partial charge in [0.15, 0.2) is 11.0 Å². The Balaban J connectivity index is 1.79. The van der Waals surface area contributed by atoms with Crippen molar-refractivity contribution in [2.24, 2.45) is 5.92 Å². The molecule has 146 valence electrons. The summed E-state index contributed by atoms with van der Waals surface area (Å²) < 4.78 is 2.07. The lowest BCUT2D eigenvalue weighted by atomic mass is 10.2. The number of rotatable bonds is 7. The minimum Gasteiger partial charge on any atom is -0.325 e. The first-order valence-corrected chi connectivity index (χ1v) is 10.2. The number of hydrogen-bond acceptors (Lipinski definition) is 5. The van der Waals surface area contributed by atoms with Crippen molar-refractivity contribution in [3.05, 3.63) is 54.4 Å². The molecule has 1 amide bonds. The fraction of sp³-hybridized carbons (Fsp3) is 0.333. The molecule has 0 saturated carbocycles. The van der Waals surface area contributed by atoms with Crippen LogP contribution in [0.15, 0.2) is 53.9 Å². The van der Waals surface area contributed by atoms with Crippen molar-refractivity contribution in [3.8, 4) is 11.4 Å². The predicted octanol–water partition coefficient (Wildman–Crippen LogP) is 4.42. The molecular formula is C21H25N5OS. The average molecular weight is 396 g/mol. The molecule has 2 aromatic heterocycles. The summed E-state index contributed by atoms with van der Waals surface area (Å²) >= 11 is 1.42. The van der Waals surface area contributed by atoms with Crippen molar-refractivity contribution in [2.45, 2.75) is 44.6 Å². The van der Waals surface area contributed by atoms with Crippen LogP contribution in [0, 0.1) is 12.8 Å². The number of nitrogens with one attached hydrogen (secondary N) is 1. The maximum absolute atomic E-state index is 12.6. The molecule has 0 fully saturated rings. The summed E-state index contributed by atoms with van der Waals surface area (Å²) in [6.07, 6.45) is 3.52. The van der Waals surface area contributed by atoms with Crippen molar-refractivity contribution < 1.29 is 4.79 Å². The number of amides is 1. The van der Waals surface area contributed by atoms with Gasteiger partial charge in [-0.15, -0.1) is 10.2 Å². The molecule has 0 radical (unpaired) electrons. The predicted molar refractivity (Wildman–Crippen MR) is 113 cm³/mol. The molecule has 0 bridgehead atoms. The Morgan fingerprint density at radius 1 is 1.18 bits per heavy atom. The van der Waals surface area contributed by atoms with E-state index in [0.717, 1.165) is 34.3 Å². The van der Waals surface area contributed by atoms with Gasteiger partial charge in [0, 0.05) is 30.2 Å². The van der Waals surface area contributed by atoms with Crippen LogP contribution < -0.4 is 5.32 Å². The lowest BCUT2D eigenvalue weighted by Crippen LogP contribution is -2.23. The van der Waals surface area contributed by atoms with E-state index >= 15 is 0 Å². The molecule has 0 aliphatic carbocycles. The SMILES string of the molecule is Cc1cccc(NC(=O)[C@@H](C)Sc2nnc(-c3cccnc3)n2CC(C)C)c1. The van der Waals surface area contributed by atoms with Crippen molar-refractivity contribution in [3.63, 3.8) is 0 Å². The van der Waals surface area contributed by atoms with Crippen LogP contribution in [0.1, 0.15) is 26.3 Å². The summed E-state index contributed by atoms with van der Waals surface area (Å²) in [6.45, 7) is 8.95. The number of carbonyl (C=O) groups excluding carboxylic acids is 1. The quantitative estimate of drug-likeness (QED) is 0.599. The summed E-state index contributed by atoms with van der Waals surface area (Å²) in [5, 5.41) is 12.1. The Morgan fingerprint density at radius 3 is 2.68 bits per heavy atom. The molecule has 0 spiro atoms. The summed E-state index contributed by atoms with van der Waals surface area (Å²) in [4.78, 5) is 16.8. The van der Waals surface area contributed by atoms with E-state index in [-0.39, 0.29) is 11.2 Å². The Hall–Kier alpha value is -2.67. The van der Waals surface area contributed by atoms with Gasteiger partial charge in [-0.25, -0.2) is 0 Å². The molecule has 1 aromatic carbocycles. The van der Waals surface area contributed by atoms with Gasteiger partial charge < -0.3 is 9.88 Å². The number of pyridine rings is 1. The Labute approximate surface area is 169 Å². The number of benzene rings is 1. The second-order valence-corrected chi connectivity index (χ2v) is 8.48. The van der Waals surface area contributed by atoms with E-state index in [1.165, 1.54) is 11.8 Å². The molecule has 1 atom stereocenters. The summed E-state index contributed by atoms with van der Waals surface area (Å²) in [6, 6.07) is 11.6. The van der Waals surface area contributed by atoms with Crippen molar-refractivity contribution >= 4 is 23.4 Å². The monoisotopic (exact) mass is 395 g/mol. The first-order valence-electron chi connectivity index (χ1n) is 9.32. The number of aryl methyl sites for hydroxylation is 1. The standard InChI is InChI=1S/C21H25N5OS/c1-14(2)13-26-19(17-8-6-10-22-12-17)24-25-21(26)28-16(4)20(27)23-18-9-5-7-15(3)11-18/h5-12,14,16H,13H2,1-4H3,(H,23,27)/t16-/m1/s1. The molecule has 28 heavy (non-hydrogen) atoms. The van der Waals surface area contributed by atoms with E-state index in [2.05, 4.69) is 38.9 Å². The molecule has 1 N–H and O–H groups in total. The van der Waals surface area contributed by atoms with E-state index in [9.17, 15) is 4.79 Å². The molecule has 3 aromatic rings.